The first-order valence-corrected chi connectivity index (χ1v) is 12.4. The highest BCUT2D eigenvalue weighted by Gasteiger charge is 2.28. The Morgan fingerprint density at radius 3 is 2.83 bits per heavy atom. The van der Waals surface area contributed by atoms with Gasteiger partial charge in [-0.3, -0.25) is 14.7 Å². The summed E-state index contributed by atoms with van der Waals surface area (Å²) < 4.78 is 5.27. The minimum absolute atomic E-state index is 0.155. The number of nitrogens with one attached hydrogen (secondary N) is 2. The Kier molecular flexibility index (Phi) is 8.38. The van der Waals surface area contributed by atoms with Crippen molar-refractivity contribution in [3.8, 4) is 5.75 Å². The van der Waals surface area contributed by atoms with Crippen molar-refractivity contribution >= 4 is 28.5 Å². The molecule has 1 aliphatic heterocycles. The molecular formula is C28H35N5O3. The fraction of sp³-hybridized carbons (Fsp3) is 0.393. The van der Waals surface area contributed by atoms with Crippen molar-refractivity contribution < 1.29 is 14.3 Å². The number of nitrogens with zero attached hydrogens (tertiary/aromatic N) is 3. The second kappa shape index (κ2) is 11.9. The van der Waals surface area contributed by atoms with Gasteiger partial charge in [-0.1, -0.05) is 30.3 Å². The first kappa shape index (κ1) is 25.4. The highest BCUT2D eigenvalue weighted by Crippen LogP contribution is 2.23. The number of pyridine rings is 1. The molecule has 2 N–H and O–H groups in total. The highest BCUT2D eigenvalue weighted by molar-refractivity contribution is 6.00. The van der Waals surface area contributed by atoms with Crippen LogP contribution in [0.5, 0.6) is 5.75 Å². The lowest BCUT2D eigenvalue weighted by Crippen LogP contribution is -2.40. The average Bonchev–Trinajstić information content (AvgIpc) is 3.35. The molecule has 0 saturated carbocycles. The van der Waals surface area contributed by atoms with Crippen LogP contribution in [0.1, 0.15) is 24.1 Å². The molecule has 0 radical (unpaired) electrons. The lowest BCUT2D eigenvalue weighted by molar-refractivity contribution is -0.131. The molecule has 36 heavy (non-hydrogen) atoms. The number of para-hydroxylation sites is 1. The SMILES string of the molecule is COc1cccc(CCC(=O)N(C)C2CCN(CCNC(=O)Nc3cc(C)nc4ccccc34)C2)c1. The summed E-state index contributed by atoms with van der Waals surface area (Å²) in [5.41, 5.74) is 3.57. The zero-order valence-corrected chi connectivity index (χ0v) is 21.3. The predicted molar refractivity (Wildman–Crippen MR) is 142 cm³/mol. The molecule has 2 heterocycles. The van der Waals surface area contributed by atoms with Gasteiger partial charge in [0.2, 0.25) is 5.91 Å². The van der Waals surface area contributed by atoms with E-state index < -0.39 is 0 Å². The van der Waals surface area contributed by atoms with E-state index in [4.69, 9.17) is 4.74 Å². The van der Waals surface area contributed by atoms with E-state index >= 15 is 0 Å². The van der Waals surface area contributed by atoms with Crippen LogP contribution < -0.4 is 15.4 Å². The number of urea groups is 1. The number of hydrogen-bond donors (Lipinski definition) is 2. The van der Waals surface area contributed by atoms with Crippen molar-refractivity contribution in [2.75, 3.05) is 45.7 Å². The molecule has 0 aliphatic carbocycles. The van der Waals surface area contributed by atoms with E-state index in [1.165, 1.54) is 0 Å². The summed E-state index contributed by atoms with van der Waals surface area (Å²) >= 11 is 0. The molecule has 1 unspecified atom stereocenters. The largest absolute Gasteiger partial charge is 0.497 e. The summed E-state index contributed by atoms with van der Waals surface area (Å²) in [6.45, 7) is 4.92. The second-order valence-corrected chi connectivity index (χ2v) is 9.31. The van der Waals surface area contributed by atoms with Gasteiger partial charge in [0.05, 0.1) is 18.3 Å². The highest BCUT2D eigenvalue weighted by atomic mass is 16.5. The van der Waals surface area contributed by atoms with Crippen LogP contribution in [0.3, 0.4) is 0 Å². The van der Waals surface area contributed by atoms with E-state index in [1.807, 2.05) is 73.5 Å². The maximum Gasteiger partial charge on any atom is 0.319 e. The number of methoxy groups -OCH3 is 1. The number of aryl methyl sites for hydroxylation is 2. The molecule has 4 rings (SSSR count). The standard InChI is InChI=1S/C28H35N5O3/c1-20-17-26(24-9-4-5-10-25(24)30-20)31-28(35)29-14-16-33-15-13-22(19-33)32(2)27(34)12-11-21-7-6-8-23(18-21)36-3/h4-10,17-18,22H,11-16,19H2,1-3H3,(H2,29,30,31,35). The van der Waals surface area contributed by atoms with Crippen LogP contribution in [0.15, 0.2) is 54.6 Å². The van der Waals surface area contributed by atoms with Crippen LogP contribution in [-0.4, -0.2) is 73.1 Å². The van der Waals surface area contributed by atoms with E-state index in [9.17, 15) is 9.59 Å². The minimum Gasteiger partial charge on any atom is -0.497 e. The van der Waals surface area contributed by atoms with E-state index in [0.29, 0.717) is 19.4 Å². The van der Waals surface area contributed by atoms with Gasteiger partial charge in [-0.05, 0) is 49.6 Å². The maximum absolute atomic E-state index is 12.8. The lowest BCUT2D eigenvalue weighted by Gasteiger charge is -2.25. The van der Waals surface area contributed by atoms with E-state index in [0.717, 1.165) is 59.7 Å². The molecule has 0 bridgehead atoms. The van der Waals surface area contributed by atoms with Crippen LogP contribution in [0, 0.1) is 6.92 Å². The van der Waals surface area contributed by atoms with Crippen LogP contribution >= 0.6 is 0 Å². The van der Waals surface area contributed by atoms with E-state index in [2.05, 4.69) is 20.5 Å². The molecule has 1 fully saturated rings. The van der Waals surface area contributed by atoms with E-state index in [-0.39, 0.29) is 18.0 Å². The summed E-state index contributed by atoms with van der Waals surface area (Å²) in [6, 6.07) is 17.5. The summed E-state index contributed by atoms with van der Waals surface area (Å²) in [4.78, 5) is 34.0. The third-order valence-electron chi connectivity index (χ3n) is 6.76. The molecule has 8 heteroatoms. The number of ether oxygens (including phenoxy) is 1. The number of hydrogen-bond acceptors (Lipinski definition) is 5. The zero-order chi connectivity index (χ0) is 25.5. The van der Waals surface area contributed by atoms with Gasteiger partial charge >= 0.3 is 6.03 Å². The van der Waals surface area contributed by atoms with Crippen LogP contribution in [0.2, 0.25) is 0 Å². The third-order valence-corrected chi connectivity index (χ3v) is 6.76. The molecule has 1 aromatic heterocycles. The molecular weight excluding hydrogens is 454 g/mol. The van der Waals surface area contributed by atoms with Crippen LogP contribution in [0.4, 0.5) is 10.5 Å². The first-order valence-electron chi connectivity index (χ1n) is 12.4. The molecule has 1 saturated heterocycles. The quantitative estimate of drug-likeness (QED) is 0.477. The molecule has 3 aromatic rings. The van der Waals surface area contributed by atoms with Gasteiger partial charge in [0, 0.05) is 56.8 Å². The van der Waals surface area contributed by atoms with Crippen molar-refractivity contribution in [2.45, 2.75) is 32.2 Å². The fourth-order valence-electron chi connectivity index (χ4n) is 4.70. The van der Waals surface area contributed by atoms with Gasteiger partial charge in [0.25, 0.3) is 0 Å². The van der Waals surface area contributed by atoms with E-state index in [1.54, 1.807) is 7.11 Å². The normalized spacial score (nSPS) is 15.6. The Bertz CT molecular complexity index is 1210. The first-order chi connectivity index (χ1) is 17.4. The Labute approximate surface area is 212 Å². The summed E-state index contributed by atoms with van der Waals surface area (Å²) in [5.74, 6) is 0.966. The molecule has 1 aliphatic rings. The fourth-order valence-corrected chi connectivity index (χ4v) is 4.70. The number of anilines is 1. The number of likely N-dealkylation sites (N-methyl/N-ethyl adjacent to an activating group) is 1. The van der Waals surface area contributed by atoms with Crippen molar-refractivity contribution in [1.29, 1.82) is 0 Å². The van der Waals surface area contributed by atoms with Gasteiger partial charge in [0.1, 0.15) is 5.75 Å². The number of aromatic nitrogens is 1. The third kappa shape index (κ3) is 6.51. The van der Waals surface area contributed by atoms with Gasteiger partial charge in [0.15, 0.2) is 0 Å². The van der Waals surface area contributed by atoms with Gasteiger partial charge in [-0.15, -0.1) is 0 Å². The van der Waals surface area contributed by atoms with Gasteiger partial charge in [-0.25, -0.2) is 4.79 Å². The minimum atomic E-state index is -0.230. The number of carbonyl (C=O) groups excluding carboxylic acids is 2. The van der Waals surface area contributed by atoms with Crippen molar-refractivity contribution in [1.82, 2.24) is 20.1 Å². The average molecular weight is 490 g/mol. The summed E-state index contributed by atoms with van der Waals surface area (Å²) in [6.07, 6.45) is 2.11. The monoisotopic (exact) mass is 489 g/mol. The smallest absolute Gasteiger partial charge is 0.319 e. The number of rotatable bonds is 9. The zero-order valence-electron chi connectivity index (χ0n) is 21.3. The molecule has 8 nitrogen and oxygen atoms in total. The van der Waals surface area contributed by atoms with Gasteiger partial charge in [-0.2, -0.15) is 0 Å². The number of amides is 3. The van der Waals surface area contributed by atoms with Crippen LogP contribution in [0.25, 0.3) is 10.9 Å². The Morgan fingerprint density at radius 2 is 2.00 bits per heavy atom. The molecule has 0 spiro atoms. The molecule has 2 aromatic carbocycles. The number of likely N-dealkylation sites (tertiary alicyclic amines) is 1. The number of fused-ring (bicyclic) bond motifs is 1. The molecule has 190 valence electrons. The maximum atomic E-state index is 12.8. The van der Waals surface area contributed by atoms with Crippen molar-refractivity contribution in [3.63, 3.8) is 0 Å². The molecule has 3 amide bonds. The molecule has 1 atom stereocenters. The number of carbonyl (C=O) groups is 2. The van der Waals surface area contributed by atoms with Crippen molar-refractivity contribution in [2.24, 2.45) is 0 Å². The Balaban J connectivity index is 1.19. The van der Waals surface area contributed by atoms with Crippen LogP contribution in [-0.2, 0) is 11.2 Å². The van der Waals surface area contributed by atoms with Crippen molar-refractivity contribution in [3.05, 3.63) is 65.9 Å². The predicted octanol–water partition coefficient (Wildman–Crippen LogP) is 3.84. The summed E-state index contributed by atoms with van der Waals surface area (Å²) in [5, 5.41) is 6.83. The topological polar surface area (TPSA) is 86.8 Å². The Morgan fingerprint density at radius 1 is 1.17 bits per heavy atom. The second-order valence-electron chi connectivity index (χ2n) is 9.31. The number of benzene rings is 2. The Hall–Kier alpha value is -3.65. The summed E-state index contributed by atoms with van der Waals surface area (Å²) in [7, 11) is 3.55. The lowest BCUT2D eigenvalue weighted by atomic mass is 10.1. The van der Waals surface area contributed by atoms with Gasteiger partial charge < -0.3 is 20.3 Å².